The fourth-order valence-corrected chi connectivity index (χ4v) is 1.22. The van der Waals surface area contributed by atoms with Crippen molar-refractivity contribution in [1.29, 1.82) is 0 Å². The summed E-state index contributed by atoms with van der Waals surface area (Å²) in [6.45, 7) is 0. The van der Waals surface area contributed by atoms with Gasteiger partial charge in [0.1, 0.15) is 5.69 Å². The number of hydrogen-bond donors (Lipinski definition) is 2. The maximum Gasteiger partial charge on any atom is 0.273 e. The second-order valence-corrected chi connectivity index (χ2v) is 3.12. The second kappa shape index (κ2) is 4.10. The minimum absolute atomic E-state index is 0.255. The van der Waals surface area contributed by atoms with E-state index >= 15 is 0 Å². The van der Waals surface area contributed by atoms with Crippen molar-refractivity contribution in [3.63, 3.8) is 0 Å². The van der Waals surface area contributed by atoms with Gasteiger partial charge >= 0.3 is 0 Å². The highest BCUT2D eigenvalue weighted by atomic mass is 35.5. The summed E-state index contributed by atoms with van der Waals surface area (Å²) in [7, 11) is 0. The van der Waals surface area contributed by atoms with Crippen LogP contribution in [-0.2, 0) is 0 Å². The average Bonchev–Trinajstić information content (AvgIpc) is 2.74. The fourth-order valence-electron chi connectivity index (χ4n) is 1.05. The molecule has 0 aliphatic heterocycles. The van der Waals surface area contributed by atoms with Gasteiger partial charge in [0.25, 0.3) is 5.91 Å². The Kier molecular flexibility index (Phi) is 2.64. The zero-order valence-electron chi connectivity index (χ0n) is 7.57. The van der Waals surface area contributed by atoms with E-state index in [0.29, 0.717) is 11.4 Å². The van der Waals surface area contributed by atoms with Crippen LogP contribution in [0.5, 0.6) is 0 Å². The zero-order chi connectivity index (χ0) is 10.7. The van der Waals surface area contributed by atoms with Crippen molar-refractivity contribution in [1.82, 2.24) is 15.2 Å². The molecular weight excluding hydrogens is 216 g/mol. The number of nitrogens with one attached hydrogen (secondary N) is 2. The lowest BCUT2D eigenvalue weighted by Crippen LogP contribution is -2.12. The van der Waals surface area contributed by atoms with Crippen LogP contribution >= 0.6 is 11.6 Å². The number of rotatable bonds is 2. The summed E-state index contributed by atoms with van der Waals surface area (Å²) in [6, 6.07) is 4.93. The van der Waals surface area contributed by atoms with E-state index in [9.17, 15) is 4.79 Å². The molecule has 0 spiro atoms. The molecule has 2 aromatic heterocycles. The topological polar surface area (TPSA) is 70.7 Å². The zero-order valence-corrected chi connectivity index (χ0v) is 8.32. The molecule has 0 saturated carbocycles. The Hall–Kier alpha value is -1.88. The minimum atomic E-state index is -0.303. The van der Waals surface area contributed by atoms with Crippen LogP contribution in [0.3, 0.4) is 0 Å². The van der Waals surface area contributed by atoms with Crippen molar-refractivity contribution in [3.8, 4) is 0 Å². The van der Waals surface area contributed by atoms with Crippen LogP contribution in [0.25, 0.3) is 0 Å². The van der Waals surface area contributed by atoms with Crippen LogP contribution in [-0.4, -0.2) is 21.1 Å². The van der Waals surface area contributed by atoms with Crippen molar-refractivity contribution in [2.24, 2.45) is 0 Å². The maximum absolute atomic E-state index is 11.6. The molecule has 2 aromatic rings. The van der Waals surface area contributed by atoms with E-state index < -0.39 is 0 Å². The quantitative estimate of drug-likeness (QED) is 0.760. The number of carbonyl (C=O) groups is 1. The van der Waals surface area contributed by atoms with Crippen LogP contribution < -0.4 is 5.32 Å². The van der Waals surface area contributed by atoms with Crippen molar-refractivity contribution in [2.45, 2.75) is 0 Å². The lowest BCUT2D eigenvalue weighted by atomic mass is 10.3. The Morgan fingerprint density at radius 3 is 2.93 bits per heavy atom. The van der Waals surface area contributed by atoms with Crippen LogP contribution in [0.15, 0.2) is 30.6 Å². The van der Waals surface area contributed by atoms with Crippen molar-refractivity contribution < 1.29 is 4.79 Å². The van der Waals surface area contributed by atoms with Gasteiger partial charge in [-0.25, -0.2) is 4.98 Å². The molecule has 15 heavy (non-hydrogen) atoms. The third-order valence-electron chi connectivity index (χ3n) is 1.75. The van der Waals surface area contributed by atoms with Gasteiger partial charge in [-0.15, -0.1) is 0 Å². The fraction of sp³-hybridized carbons (Fsp3) is 0. The molecule has 0 saturated heterocycles. The monoisotopic (exact) mass is 222 g/mol. The molecule has 0 radical (unpaired) electrons. The molecular formula is C9H7ClN4O. The van der Waals surface area contributed by atoms with Crippen molar-refractivity contribution >= 4 is 23.2 Å². The number of amides is 1. The number of aromatic amines is 1. The first-order valence-corrected chi connectivity index (χ1v) is 4.56. The van der Waals surface area contributed by atoms with E-state index in [1.54, 1.807) is 24.4 Å². The third-order valence-corrected chi connectivity index (χ3v) is 2.05. The lowest BCUT2D eigenvalue weighted by Gasteiger charge is -2.03. The van der Waals surface area contributed by atoms with Crippen LogP contribution in [0.1, 0.15) is 10.5 Å². The number of pyridine rings is 1. The number of aromatic nitrogens is 3. The first kappa shape index (κ1) is 9.67. The van der Waals surface area contributed by atoms with E-state index in [2.05, 4.69) is 20.5 Å². The largest absolute Gasteiger partial charge is 0.318 e. The summed E-state index contributed by atoms with van der Waals surface area (Å²) in [5.74, 6) is -0.303. The first-order chi connectivity index (χ1) is 7.27. The van der Waals surface area contributed by atoms with Crippen LogP contribution in [0.2, 0.25) is 5.15 Å². The molecule has 2 heterocycles. The molecule has 2 N–H and O–H groups in total. The van der Waals surface area contributed by atoms with Gasteiger partial charge < -0.3 is 5.32 Å². The smallest absolute Gasteiger partial charge is 0.273 e. The molecule has 6 heteroatoms. The third kappa shape index (κ3) is 2.13. The lowest BCUT2D eigenvalue weighted by molar-refractivity contribution is 0.102. The molecule has 0 fully saturated rings. The van der Waals surface area contributed by atoms with Gasteiger partial charge in [0.05, 0.1) is 5.69 Å². The summed E-state index contributed by atoms with van der Waals surface area (Å²) in [4.78, 5) is 15.4. The minimum Gasteiger partial charge on any atom is -0.318 e. The predicted molar refractivity (Wildman–Crippen MR) is 55.8 cm³/mol. The van der Waals surface area contributed by atoms with Crippen LogP contribution in [0.4, 0.5) is 5.69 Å². The maximum atomic E-state index is 11.6. The molecule has 0 bridgehead atoms. The highest BCUT2D eigenvalue weighted by Gasteiger charge is 2.08. The van der Waals surface area contributed by atoms with Crippen molar-refractivity contribution in [2.75, 3.05) is 5.32 Å². The molecule has 0 unspecified atom stereocenters. The molecule has 76 valence electrons. The first-order valence-electron chi connectivity index (χ1n) is 4.18. The predicted octanol–water partition coefficient (Wildman–Crippen LogP) is 1.71. The molecule has 1 amide bonds. The van der Waals surface area contributed by atoms with E-state index in [1.807, 2.05) is 0 Å². The number of hydrogen-bond acceptors (Lipinski definition) is 3. The van der Waals surface area contributed by atoms with E-state index in [4.69, 9.17) is 11.6 Å². The number of halogens is 1. The highest BCUT2D eigenvalue weighted by Crippen LogP contribution is 2.17. The molecule has 0 aromatic carbocycles. The normalized spacial score (nSPS) is 9.93. The standard InChI is InChI=1S/C9H7ClN4O/c10-8-6(2-1-4-11-8)13-9(15)7-3-5-12-14-7/h1-5H,(H,12,14)(H,13,15). The molecule has 5 nitrogen and oxygen atoms in total. The van der Waals surface area contributed by atoms with E-state index in [0.717, 1.165) is 0 Å². The van der Waals surface area contributed by atoms with Gasteiger partial charge in [-0.05, 0) is 18.2 Å². The van der Waals surface area contributed by atoms with E-state index in [1.165, 1.54) is 6.20 Å². The van der Waals surface area contributed by atoms with Gasteiger partial charge in [0.2, 0.25) is 0 Å². The average molecular weight is 223 g/mol. The summed E-state index contributed by atoms with van der Waals surface area (Å²) in [5.41, 5.74) is 0.841. The Balaban J connectivity index is 2.17. The summed E-state index contributed by atoms with van der Waals surface area (Å²) in [5, 5.41) is 9.09. The van der Waals surface area contributed by atoms with Gasteiger partial charge in [-0.3, -0.25) is 9.89 Å². The summed E-state index contributed by atoms with van der Waals surface area (Å²) < 4.78 is 0. The Morgan fingerprint density at radius 2 is 2.27 bits per heavy atom. The van der Waals surface area contributed by atoms with E-state index in [-0.39, 0.29) is 11.1 Å². The van der Waals surface area contributed by atoms with Crippen LogP contribution in [0, 0.1) is 0 Å². The Labute approximate surface area is 90.5 Å². The number of H-pyrrole nitrogens is 1. The SMILES string of the molecule is O=C(Nc1cccnc1Cl)c1ccn[nH]1. The van der Waals surface area contributed by atoms with Gasteiger partial charge in [0, 0.05) is 12.4 Å². The summed E-state index contributed by atoms with van der Waals surface area (Å²) >= 11 is 5.78. The Bertz CT molecular complexity index is 469. The molecule has 2 rings (SSSR count). The summed E-state index contributed by atoms with van der Waals surface area (Å²) in [6.07, 6.45) is 3.05. The number of carbonyl (C=O) groups excluding carboxylic acids is 1. The van der Waals surface area contributed by atoms with Crippen molar-refractivity contribution in [3.05, 3.63) is 41.4 Å². The van der Waals surface area contributed by atoms with Gasteiger partial charge in [0.15, 0.2) is 5.15 Å². The molecule has 0 aliphatic carbocycles. The highest BCUT2D eigenvalue weighted by molar-refractivity contribution is 6.32. The molecule has 0 atom stereocenters. The second-order valence-electron chi connectivity index (χ2n) is 2.77. The number of anilines is 1. The number of nitrogens with zero attached hydrogens (tertiary/aromatic N) is 2. The Morgan fingerprint density at radius 1 is 1.40 bits per heavy atom. The van der Waals surface area contributed by atoms with Gasteiger partial charge in [-0.2, -0.15) is 5.10 Å². The van der Waals surface area contributed by atoms with Gasteiger partial charge in [-0.1, -0.05) is 11.6 Å². The molecule has 0 aliphatic rings.